The van der Waals surface area contributed by atoms with Gasteiger partial charge in [-0.2, -0.15) is 0 Å². The van der Waals surface area contributed by atoms with E-state index in [2.05, 4.69) is 12.8 Å². The predicted octanol–water partition coefficient (Wildman–Crippen LogP) is 7.50. The second kappa shape index (κ2) is 14.4. The average Bonchev–Trinajstić information content (AvgIpc) is 2.56. The van der Waals surface area contributed by atoms with Gasteiger partial charge in [0.15, 0.2) is 0 Å². The molecular formula is C21H40OS. The van der Waals surface area contributed by atoms with Crippen LogP contribution in [0, 0.1) is 0 Å². The lowest BCUT2D eigenvalue weighted by molar-refractivity contribution is 0.0180. The molecule has 1 aliphatic heterocycles. The third-order valence-corrected chi connectivity index (χ3v) is 6.38. The van der Waals surface area contributed by atoms with Gasteiger partial charge in [0.1, 0.15) is 4.93 Å². The van der Waals surface area contributed by atoms with Crippen LogP contribution in [0.25, 0.3) is 0 Å². The fourth-order valence-corrected chi connectivity index (χ4v) is 4.41. The van der Waals surface area contributed by atoms with Crippen molar-refractivity contribution in [3.05, 3.63) is 12.7 Å². The van der Waals surface area contributed by atoms with E-state index in [0.717, 1.165) is 13.0 Å². The van der Waals surface area contributed by atoms with Gasteiger partial charge in [0.25, 0.3) is 0 Å². The predicted molar refractivity (Wildman–Crippen MR) is 106 cm³/mol. The van der Waals surface area contributed by atoms with Crippen LogP contribution in [0.5, 0.6) is 0 Å². The van der Waals surface area contributed by atoms with E-state index in [1.165, 1.54) is 96.3 Å². The van der Waals surface area contributed by atoms with Crippen molar-refractivity contribution in [3.63, 3.8) is 0 Å². The summed E-state index contributed by atoms with van der Waals surface area (Å²) in [6.07, 6.45) is 26.0. The zero-order chi connectivity index (χ0) is 16.6. The second-order valence-corrected chi connectivity index (χ2v) is 8.31. The molecule has 0 aromatic carbocycles. The van der Waals surface area contributed by atoms with Crippen molar-refractivity contribution >= 4 is 11.8 Å². The van der Waals surface area contributed by atoms with Crippen LogP contribution in [0.3, 0.4) is 0 Å². The zero-order valence-electron chi connectivity index (χ0n) is 15.6. The molecule has 0 radical (unpaired) electrons. The van der Waals surface area contributed by atoms with Crippen molar-refractivity contribution in [3.8, 4) is 0 Å². The summed E-state index contributed by atoms with van der Waals surface area (Å²) in [6, 6.07) is 0. The van der Waals surface area contributed by atoms with Gasteiger partial charge in [-0.3, -0.25) is 0 Å². The highest BCUT2D eigenvalue weighted by Crippen LogP contribution is 2.35. The molecule has 0 aromatic rings. The van der Waals surface area contributed by atoms with Crippen molar-refractivity contribution in [1.82, 2.24) is 0 Å². The van der Waals surface area contributed by atoms with Crippen LogP contribution >= 0.6 is 11.8 Å². The summed E-state index contributed by atoms with van der Waals surface area (Å²) >= 11 is 1.90. The molecule has 0 spiro atoms. The fourth-order valence-electron chi connectivity index (χ4n) is 3.57. The molecule has 0 N–H and O–H groups in total. The van der Waals surface area contributed by atoms with Crippen molar-refractivity contribution in [2.24, 2.45) is 0 Å². The first-order valence-corrected chi connectivity index (χ1v) is 11.4. The second-order valence-electron chi connectivity index (χ2n) is 7.16. The highest BCUT2D eigenvalue weighted by molar-refractivity contribution is 7.99. The van der Waals surface area contributed by atoms with E-state index >= 15 is 0 Å². The minimum atomic E-state index is -0.00676. The number of hydrogen-bond acceptors (Lipinski definition) is 2. The molecule has 0 aromatic heterocycles. The number of ether oxygens (including phenoxy) is 1. The highest BCUT2D eigenvalue weighted by Gasteiger charge is 2.27. The molecule has 0 bridgehead atoms. The molecule has 0 saturated carbocycles. The van der Waals surface area contributed by atoms with Crippen LogP contribution in [0.1, 0.15) is 103 Å². The maximum absolute atomic E-state index is 6.36. The molecule has 1 fully saturated rings. The van der Waals surface area contributed by atoms with Gasteiger partial charge < -0.3 is 4.74 Å². The minimum absolute atomic E-state index is 0.00676. The lowest BCUT2D eigenvalue weighted by atomic mass is 10.0. The van der Waals surface area contributed by atoms with Gasteiger partial charge in [0.05, 0.1) is 0 Å². The first-order chi connectivity index (χ1) is 11.3. The van der Waals surface area contributed by atoms with Crippen LogP contribution in [0.4, 0.5) is 0 Å². The van der Waals surface area contributed by atoms with E-state index in [4.69, 9.17) is 4.74 Å². The van der Waals surface area contributed by atoms with Gasteiger partial charge in [0.2, 0.25) is 0 Å². The Balaban J connectivity index is 2.39. The molecule has 1 atom stereocenters. The Morgan fingerprint density at radius 3 is 1.65 bits per heavy atom. The maximum Gasteiger partial charge on any atom is 0.116 e. The number of hydrogen-bond donors (Lipinski definition) is 0. The summed E-state index contributed by atoms with van der Waals surface area (Å²) < 4.78 is 6.36. The van der Waals surface area contributed by atoms with E-state index in [1.807, 2.05) is 17.8 Å². The Kier molecular flexibility index (Phi) is 13.2. The Bertz CT molecular complexity index is 259. The van der Waals surface area contributed by atoms with Gasteiger partial charge >= 0.3 is 0 Å². The molecule has 23 heavy (non-hydrogen) atoms. The number of rotatable bonds is 3. The topological polar surface area (TPSA) is 9.23 Å². The van der Waals surface area contributed by atoms with Crippen molar-refractivity contribution in [1.29, 1.82) is 0 Å². The third-order valence-electron chi connectivity index (χ3n) is 5.14. The smallest absolute Gasteiger partial charge is 0.116 e. The van der Waals surface area contributed by atoms with Gasteiger partial charge in [-0.05, 0) is 25.5 Å². The van der Waals surface area contributed by atoms with Crippen LogP contribution < -0.4 is 0 Å². The Labute approximate surface area is 150 Å². The Hall–Kier alpha value is 0.0500. The molecule has 1 heterocycles. The Morgan fingerprint density at radius 2 is 1.22 bits per heavy atom. The highest BCUT2D eigenvalue weighted by atomic mass is 32.2. The lowest BCUT2D eigenvalue weighted by Crippen LogP contribution is -2.28. The van der Waals surface area contributed by atoms with Crippen molar-refractivity contribution < 1.29 is 4.74 Å². The molecule has 1 unspecified atom stereocenters. The summed E-state index contributed by atoms with van der Waals surface area (Å²) in [5, 5.41) is 0. The van der Waals surface area contributed by atoms with E-state index in [1.54, 1.807) is 0 Å². The third kappa shape index (κ3) is 10.5. The molecule has 0 amide bonds. The molecule has 2 heteroatoms. The monoisotopic (exact) mass is 340 g/mol. The van der Waals surface area contributed by atoms with Crippen LogP contribution in [0.2, 0.25) is 0 Å². The fraction of sp³-hybridized carbons (Fsp3) is 0.905. The largest absolute Gasteiger partial charge is 0.364 e. The normalized spacial score (nSPS) is 27.7. The summed E-state index contributed by atoms with van der Waals surface area (Å²) in [6.45, 7) is 4.88. The van der Waals surface area contributed by atoms with E-state index in [0.29, 0.717) is 0 Å². The SMILES string of the molecule is C=CCC1(SC)CCCCCCCCCCCCCCCCO1. The summed E-state index contributed by atoms with van der Waals surface area (Å²) in [4.78, 5) is -0.00676. The quantitative estimate of drug-likeness (QED) is 0.492. The van der Waals surface area contributed by atoms with E-state index < -0.39 is 0 Å². The van der Waals surface area contributed by atoms with Gasteiger partial charge in [-0.1, -0.05) is 83.1 Å². The lowest BCUT2D eigenvalue weighted by Gasteiger charge is -2.31. The Morgan fingerprint density at radius 1 is 0.783 bits per heavy atom. The molecule has 1 saturated heterocycles. The van der Waals surface area contributed by atoms with Crippen molar-refractivity contribution in [2.45, 2.75) is 108 Å². The summed E-state index contributed by atoms with van der Waals surface area (Å²) in [5.41, 5.74) is 0. The first-order valence-electron chi connectivity index (χ1n) is 10.1. The van der Waals surface area contributed by atoms with Crippen LogP contribution in [-0.2, 0) is 4.74 Å². The van der Waals surface area contributed by atoms with Crippen LogP contribution in [-0.4, -0.2) is 17.8 Å². The maximum atomic E-state index is 6.36. The average molecular weight is 341 g/mol. The van der Waals surface area contributed by atoms with E-state index in [-0.39, 0.29) is 4.93 Å². The molecule has 1 rings (SSSR count). The molecule has 0 aliphatic carbocycles. The summed E-state index contributed by atoms with van der Waals surface area (Å²) in [5.74, 6) is 0. The number of thioether (sulfide) groups is 1. The summed E-state index contributed by atoms with van der Waals surface area (Å²) in [7, 11) is 0. The first kappa shape index (κ1) is 21.1. The molecule has 136 valence electrons. The van der Waals surface area contributed by atoms with Gasteiger partial charge in [-0.15, -0.1) is 18.3 Å². The zero-order valence-corrected chi connectivity index (χ0v) is 16.4. The van der Waals surface area contributed by atoms with Gasteiger partial charge in [0, 0.05) is 13.0 Å². The standard InChI is InChI=1S/C21H40OS/c1-3-18-21(23-2)19-16-14-12-10-8-6-4-5-7-9-11-13-15-17-20-22-21/h3H,1,4-20H2,2H3. The minimum Gasteiger partial charge on any atom is -0.364 e. The molecular weight excluding hydrogens is 300 g/mol. The molecule has 1 aliphatic rings. The van der Waals surface area contributed by atoms with Gasteiger partial charge in [-0.25, -0.2) is 0 Å². The molecule has 1 nitrogen and oxygen atoms in total. The van der Waals surface area contributed by atoms with Crippen LogP contribution in [0.15, 0.2) is 12.7 Å². The van der Waals surface area contributed by atoms with E-state index in [9.17, 15) is 0 Å². The van der Waals surface area contributed by atoms with Crippen molar-refractivity contribution in [2.75, 3.05) is 12.9 Å².